The van der Waals surface area contributed by atoms with E-state index in [-0.39, 0.29) is 18.8 Å². The fraction of sp³-hybridized carbons (Fsp3) is 0.650. The van der Waals surface area contributed by atoms with Crippen LogP contribution in [0.3, 0.4) is 0 Å². The van der Waals surface area contributed by atoms with Gasteiger partial charge in [0.05, 0.1) is 0 Å². The highest BCUT2D eigenvalue weighted by Gasteiger charge is 2.47. The van der Waals surface area contributed by atoms with E-state index in [2.05, 4.69) is 36.4 Å². The van der Waals surface area contributed by atoms with Crippen LogP contribution in [0.2, 0.25) is 0 Å². The first-order chi connectivity index (χ1) is 12.4. The summed E-state index contributed by atoms with van der Waals surface area (Å²) in [5.41, 5.74) is -0.144. The highest BCUT2D eigenvalue weighted by atomic mass is 127. The summed E-state index contributed by atoms with van der Waals surface area (Å²) in [6.45, 7) is 4.25. The number of methoxy groups -OCH3 is 1. The average Bonchev–Trinajstić information content (AvgIpc) is 2.60. The van der Waals surface area contributed by atoms with Gasteiger partial charge in [0.2, 0.25) is 0 Å². The lowest BCUT2D eigenvalue weighted by Crippen LogP contribution is -2.57. The van der Waals surface area contributed by atoms with Crippen LogP contribution in [0.1, 0.15) is 57.9 Å². The van der Waals surface area contributed by atoms with Crippen molar-refractivity contribution in [3.8, 4) is 0 Å². The molecule has 0 heterocycles. The van der Waals surface area contributed by atoms with E-state index in [1.165, 1.54) is 6.42 Å². The van der Waals surface area contributed by atoms with Crippen molar-refractivity contribution in [3.05, 3.63) is 33.4 Å². The zero-order valence-corrected chi connectivity index (χ0v) is 18.1. The van der Waals surface area contributed by atoms with Crippen molar-refractivity contribution in [2.24, 2.45) is 5.92 Å². The van der Waals surface area contributed by atoms with E-state index in [0.29, 0.717) is 6.42 Å². The minimum Gasteiger partial charge on any atom is -0.465 e. The highest BCUT2D eigenvalue weighted by molar-refractivity contribution is 14.1. The predicted molar refractivity (Wildman–Crippen MR) is 110 cm³/mol. The van der Waals surface area contributed by atoms with Gasteiger partial charge >= 0.3 is 6.09 Å². The molecule has 1 aliphatic rings. The van der Waals surface area contributed by atoms with Crippen LogP contribution in [-0.4, -0.2) is 36.0 Å². The van der Waals surface area contributed by atoms with Crippen LogP contribution in [0.15, 0.2) is 24.3 Å². The van der Waals surface area contributed by atoms with E-state index in [0.717, 1.165) is 34.8 Å². The van der Waals surface area contributed by atoms with Gasteiger partial charge in [0.25, 0.3) is 0 Å². The van der Waals surface area contributed by atoms with Crippen LogP contribution in [0, 0.1) is 9.49 Å². The van der Waals surface area contributed by atoms with Gasteiger partial charge in [-0.2, -0.15) is 0 Å². The number of hydrogen-bond donors (Lipinski definition) is 1. The molecule has 0 aromatic heterocycles. The minimum atomic E-state index is -1.05. The molecule has 1 fully saturated rings. The first kappa shape index (κ1) is 21.4. The first-order valence-electron chi connectivity index (χ1n) is 9.32. The third kappa shape index (κ3) is 4.89. The molecule has 1 amide bonds. The number of rotatable bonds is 8. The van der Waals surface area contributed by atoms with Gasteiger partial charge in [0.15, 0.2) is 5.72 Å². The number of benzene rings is 1. The van der Waals surface area contributed by atoms with Crippen LogP contribution >= 0.6 is 22.6 Å². The van der Waals surface area contributed by atoms with Gasteiger partial charge in [-0.25, -0.2) is 4.79 Å². The lowest BCUT2D eigenvalue weighted by atomic mass is 9.86. The second-order valence-corrected chi connectivity index (χ2v) is 8.52. The van der Waals surface area contributed by atoms with Gasteiger partial charge in [0.1, 0.15) is 6.79 Å². The molecule has 6 heteroatoms. The Balaban J connectivity index is 2.60. The van der Waals surface area contributed by atoms with Crippen molar-refractivity contribution in [1.82, 2.24) is 4.90 Å². The molecule has 1 unspecified atom stereocenters. The molecule has 5 nitrogen and oxygen atoms in total. The summed E-state index contributed by atoms with van der Waals surface area (Å²) in [6, 6.07) is 7.87. The Labute approximate surface area is 170 Å². The molecular formula is C20H30INO4. The summed E-state index contributed by atoms with van der Waals surface area (Å²) >= 11 is 2.27. The maximum absolute atomic E-state index is 12.5. The number of hydrogen-bond acceptors (Lipinski definition) is 3. The number of ether oxygens (including phenoxy) is 2. The van der Waals surface area contributed by atoms with E-state index >= 15 is 0 Å². The first-order valence-corrected chi connectivity index (χ1v) is 10.4. The highest BCUT2D eigenvalue weighted by Crippen LogP contribution is 2.42. The van der Waals surface area contributed by atoms with E-state index in [9.17, 15) is 9.90 Å². The van der Waals surface area contributed by atoms with Crippen LogP contribution in [0.5, 0.6) is 0 Å². The van der Waals surface area contributed by atoms with Crippen molar-refractivity contribution in [1.29, 1.82) is 0 Å². The fourth-order valence-electron chi connectivity index (χ4n) is 3.98. The van der Waals surface area contributed by atoms with Gasteiger partial charge in [-0.3, -0.25) is 4.90 Å². The predicted octanol–water partition coefficient (Wildman–Crippen LogP) is 5.42. The minimum absolute atomic E-state index is 0.0344. The molecule has 0 bridgehead atoms. The van der Waals surface area contributed by atoms with Crippen LogP contribution in [0.4, 0.5) is 4.79 Å². The molecule has 26 heavy (non-hydrogen) atoms. The number of carbonyl (C=O) groups is 1. The van der Waals surface area contributed by atoms with Crippen molar-refractivity contribution >= 4 is 28.7 Å². The summed E-state index contributed by atoms with van der Waals surface area (Å²) in [5, 5.41) is 10.2. The summed E-state index contributed by atoms with van der Waals surface area (Å²) in [5.74, 6) is 0.258. The monoisotopic (exact) mass is 475 g/mol. The van der Waals surface area contributed by atoms with Gasteiger partial charge in [-0.1, -0.05) is 51.3 Å². The van der Waals surface area contributed by atoms with Gasteiger partial charge in [0, 0.05) is 28.7 Å². The Morgan fingerprint density at radius 2 is 1.96 bits per heavy atom. The zero-order valence-electron chi connectivity index (χ0n) is 15.9. The second kappa shape index (κ2) is 9.90. The lowest BCUT2D eigenvalue weighted by Gasteiger charge is -2.48. The molecule has 0 aliphatic heterocycles. The van der Waals surface area contributed by atoms with E-state index in [4.69, 9.17) is 9.47 Å². The van der Waals surface area contributed by atoms with Crippen LogP contribution in [0.25, 0.3) is 0 Å². The Morgan fingerprint density at radius 1 is 1.31 bits per heavy atom. The summed E-state index contributed by atoms with van der Waals surface area (Å²) in [7, 11) is 1.57. The summed E-state index contributed by atoms with van der Waals surface area (Å²) in [6.07, 6.45) is 4.71. The summed E-state index contributed by atoms with van der Waals surface area (Å²) in [4.78, 5) is 14.1. The molecule has 2 rings (SSSR count). The topological polar surface area (TPSA) is 59.0 Å². The fourth-order valence-corrected chi connectivity index (χ4v) is 4.79. The standard InChI is InChI=1S/C20H30INO4/c1-15(2)13-20(26-14-25-3,17-11-7-8-12-18(17)21)22(19(23)24)16-9-5-4-6-10-16/h7-8,11-12,15-16H,4-6,9-10,13-14H2,1-3H3,(H,23,24). The number of nitrogens with zero attached hydrogens (tertiary/aromatic N) is 1. The Hall–Kier alpha value is -0.860. The third-order valence-corrected chi connectivity index (χ3v) is 5.87. The molecule has 146 valence electrons. The SMILES string of the molecule is COCOC(CC(C)C)(c1ccccc1I)N(C(=O)O)C1CCCCC1. The Kier molecular flexibility index (Phi) is 8.16. The number of amides is 1. The molecule has 0 saturated heterocycles. The zero-order chi connectivity index (χ0) is 19.2. The molecule has 1 aromatic carbocycles. The molecule has 1 N–H and O–H groups in total. The third-order valence-electron chi connectivity index (χ3n) is 4.93. The number of halogens is 1. The van der Waals surface area contributed by atoms with Crippen molar-refractivity contribution in [2.75, 3.05) is 13.9 Å². The summed E-state index contributed by atoms with van der Waals surface area (Å²) < 4.78 is 12.5. The molecule has 0 spiro atoms. The Morgan fingerprint density at radius 3 is 2.50 bits per heavy atom. The van der Waals surface area contributed by atoms with Crippen molar-refractivity contribution in [3.63, 3.8) is 0 Å². The van der Waals surface area contributed by atoms with Crippen molar-refractivity contribution < 1.29 is 19.4 Å². The molecule has 1 aliphatic carbocycles. The average molecular weight is 475 g/mol. The molecular weight excluding hydrogens is 445 g/mol. The van der Waals surface area contributed by atoms with E-state index < -0.39 is 11.8 Å². The van der Waals surface area contributed by atoms with Crippen molar-refractivity contribution in [2.45, 2.75) is 64.1 Å². The maximum Gasteiger partial charge on any atom is 0.410 e. The van der Waals surface area contributed by atoms with Gasteiger partial charge in [-0.05, 0) is 47.4 Å². The number of carboxylic acid groups (broad SMARTS) is 1. The van der Waals surface area contributed by atoms with E-state index in [1.54, 1.807) is 12.0 Å². The van der Waals surface area contributed by atoms with Crippen LogP contribution < -0.4 is 0 Å². The molecule has 1 aromatic rings. The molecule has 1 saturated carbocycles. The molecule has 1 atom stereocenters. The lowest BCUT2D eigenvalue weighted by molar-refractivity contribution is -0.220. The largest absolute Gasteiger partial charge is 0.465 e. The van der Waals surface area contributed by atoms with Gasteiger partial charge in [-0.15, -0.1) is 0 Å². The smallest absolute Gasteiger partial charge is 0.410 e. The second-order valence-electron chi connectivity index (χ2n) is 7.36. The quantitative estimate of drug-likeness (QED) is 0.403. The van der Waals surface area contributed by atoms with Gasteiger partial charge < -0.3 is 14.6 Å². The normalized spacial score (nSPS) is 17.9. The molecule has 0 radical (unpaired) electrons. The van der Waals surface area contributed by atoms with Crippen LogP contribution in [-0.2, 0) is 15.2 Å². The Bertz CT molecular complexity index is 589. The maximum atomic E-state index is 12.5. The van der Waals surface area contributed by atoms with E-state index in [1.807, 2.05) is 24.3 Å².